The number of phosphoric ester groups is 1. The Balaban J connectivity index is 4.19. The zero-order valence-electron chi connectivity index (χ0n) is 47.1. The third kappa shape index (κ3) is 56.0. The zero-order valence-corrected chi connectivity index (χ0v) is 48.0. The SMILES string of the molecule is CC/C=C\C/C=C\C/C=C\C/C=C\C/C=C\C/C=C\C/C=C\C/C=C\C/C=C\CCCCCCCCCCCC(=O)NC(COP(=O)(O)OCC[N+](C)(C)C)C(O)/C=C/CC/C=C/CC/C=C/CCCCCC. The number of likely N-dealkylation sites (N-methyl/N-ethyl adjacent to an activating group) is 1. The molecule has 0 saturated heterocycles. The Morgan fingerprint density at radius 3 is 1.26 bits per heavy atom. The molecule has 0 aliphatic carbocycles. The van der Waals surface area contributed by atoms with Crippen molar-refractivity contribution >= 4 is 13.7 Å². The minimum atomic E-state index is -4.37. The van der Waals surface area contributed by atoms with Gasteiger partial charge in [0.05, 0.1) is 39.9 Å². The maximum atomic E-state index is 13.0. The van der Waals surface area contributed by atoms with Crippen molar-refractivity contribution < 1.29 is 32.9 Å². The highest BCUT2D eigenvalue weighted by Crippen LogP contribution is 2.43. The summed E-state index contributed by atoms with van der Waals surface area (Å²) in [6, 6.07) is -0.883. The highest BCUT2D eigenvalue weighted by Gasteiger charge is 2.27. The van der Waals surface area contributed by atoms with Gasteiger partial charge in [-0.3, -0.25) is 13.8 Å². The van der Waals surface area contributed by atoms with Crippen molar-refractivity contribution in [3.8, 4) is 0 Å². The van der Waals surface area contributed by atoms with Gasteiger partial charge in [0, 0.05) is 6.42 Å². The first-order valence-electron chi connectivity index (χ1n) is 28.7. The Morgan fingerprint density at radius 1 is 0.479 bits per heavy atom. The van der Waals surface area contributed by atoms with Gasteiger partial charge in [0.15, 0.2) is 0 Å². The summed E-state index contributed by atoms with van der Waals surface area (Å²) >= 11 is 0. The van der Waals surface area contributed by atoms with Crippen molar-refractivity contribution in [1.82, 2.24) is 5.32 Å². The molecule has 0 aliphatic heterocycles. The largest absolute Gasteiger partial charge is 0.472 e. The number of phosphoric acid groups is 1. The first-order chi connectivity index (χ1) is 35.5. The summed E-state index contributed by atoms with van der Waals surface area (Å²) in [5.74, 6) is -0.205. The molecule has 0 aromatic heterocycles. The van der Waals surface area contributed by atoms with Gasteiger partial charge >= 0.3 is 7.82 Å². The molecule has 0 heterocycles. The standard InChI is InChI=1S/C64H107N2O6P/c1-6-8-10-12-14-16-18-20-22-23-24-25-26-27-28-29-30-31-32-33-34-35-36-37-38-39-40-41-42-43-44-46-48-50-52-54-56-58-64(68)65-62(61-72-73(69,70)71-60-59-66(3,4)5)63(67)57-55-53-51-49-47-45-21-19-17-15-13-11-9-7-2/h8,10,14,16-17,19-20,22,24-25,27-28,30-31,33-34,36-37,39-40,47,49,55,57,62-63,67H,6-7,9,11-13,15,18,21,23,26,29,32,35,38,41-46,48,50-54,56,58-61H2,1-5H3,(H-,65,68,69,70)/p+1/b10-8-,16-14-,19-17+,22-20-,25-24-,28-27-,31-30-,34-33-,37-36-,40-39-,49-47+,57-55+. The van der Waals surface area contributed by atoms with Crippen LogP contribution in [-0.2, 0) is 18.4 Å². The number of nitrogens with one attached hydrogen (secondary N) is 1. The van der Waals surface area contributed by atoms with Crippen molar-refractivity contribution in [2.75, 3.05) is 40.9 Å². The van der Waals surface area contributed by atoms with Crippen molar-refractivity contribution in [2.45, 2.75) is 212 Å². The number of amides is 1. The van der Waals surface area contributed by atoms with E-state index in [1.54, 1.807) is 6.08 Å². The smallest absolute Gasteiger partial charge is 0.387 e. The Hall–Kier alpha value is -3.62. The quantitative estimate of drug-likeness (QED) is 0.0243. The molecule has 0 aliphatic rings. The molecule has 9 heteroatoms. The molecular weight excluding hydrogens is 924 g/mol. The molecule has 3 atom stereocenters. The van der Waals surface area contributed by atoms with Crippen LogP contribution in [0, 0.1) is 0 Å². The molecule has 0 rings (SSSR count). The van der Waals surface area contributed by atoms with Crippen LogP contribution in [-0.4, -0.2) is 73.4 Å². The summed E-state index contributed by atoms with van der Waals surface area (Å²) in [5.41, 5.74) is 0. The van der Waals surface area contributed by atoms with Gasteiger partial charge in [0.2, 0.25) is 5.91 Å². The number of quaternary nitrogens is 1. The molecule has 414 valence electrons. The molecule has 3 N–H and O–H groups in total. The second-order valence-corrected chi connectivity index (χ2v) is 21.4. The number of rotatable bonds is 50. The number of carbonyl (C=O) groups is 1. The predicted molar refractivity (Wildman–Crippen MR) is 317 cm³/mol. The van der Waals surface area contributed by atoms with Gasteiger partial charge in [0.1, 0.15) is 13.2 Å². The highest BCUT2D eigenvalue weighted by molar-refractivity contribution is 7.47. The van der Waals surface area contributed by atoms with Crippen LogP contribution in [0.2, 0.25) is 0 Å². The van der Waals surface area contributed by atoms with Crippen LogP contribution < -0.4 is 5.32 Å². The molecule has 0 aromatic carbocycles. The average Bonchev–Trinajstić information content (AvgIpc) is 3.35. The lowest BCUT2D eigenvalue weighted by molar-refractivity contribution is -0.870. The van der Waals surface area contributed by atoms with Gasteiger partial charge in [-0.1, -0.05) is 224 Å². The Bertz CT molecular complexity index is 1690. The van der Waals surface area contributed by atoms with E-state index in [4.69, 9.17) is 9.05 Å². The molecular formula is C64H108N2O6P+. The van der Waals surface area contributed by atoms with Crippen LogP contribution in [0.15, 0.2) is 146 Å². The van der Waals surface area contributed by atoms with Crippen molar-refractivity contribution in [1.29, 1.82) is 0 Å². The van der Waals surface area contributed by atoms with E-state index in [1.165, 1.54) is 57.8 Å². The number of carbonyl (C=O) groups excluding carboxylic acids is 1. The van der Waals surface area contributed by atoms with Crippen molar-refractivity contribution in [2.24, 2.45) is 0 Å². The van der Waals surface area contributed by atoms with E-state index in [0.717, 1.165) is 122 Å². The first-order valence-corrected chi connectivity index (χ1v) is 30.2. The van der Waals surface area contributed by atoms with E-state index >= 15 is 0 Å². The molecule has 3 unspecified atom stereocenters. The van der Waals surface area contributed by atoms with E-state index in [9.17, 15) is 19.4 Å². The van der Waals surface area contributed by atoms with Crippen LogP contribution >= 0.6 is 7.82 Å². The topological polar surface area (TPSA) is 105 Å². The fraction of sp³-hybridized carbons (Fsp3) is 0.609. The van der Waals surface area contributed by atoms with Gasteiger partial charge < -0.3 is 19.8 Å². The lowest BCUT2D eigenvalue weighted by atomic mass is 10.1. The Morgan fingerprint density at radius 2 is 0.836 bits per heavy atom. The van der Waals surface area contributed by atoms with Crippen LogP contribution in [0.3, 0.4) is 0 Å². The number of unbranched alkanes of at least 4 members (excludes halogenated alkanes) is 15. The molecule has 0 spiro atoms. The van der Waals surface area contributed by atoms with Gasteiger partial charge in [-0.15, -0.1) is 0 Å². The fourth-order valence-electron chi connectivity index (χ4n) is 7.30. The monoisotopic (exact) mass is 1030 g/mol. The van der Waals surface area contributed by atoms with E-state index in [2.05, 4.69) is 153 Å². The number of allylic oxidation sites excluding steroid dienone is 23. The molecule has 0 fully saturated rings. The summed E-state index contributed by atoms with van der Waals surface area (Å²) in [6.07, 6.45) is 82.4. The molecule has 0 aromatic rings. The molecule has 8 nitrogen and oxygen atoms in total. The van der Waals surface area contributed by atoms with Crippen LogP contribution in [0.1, 0.15) is 200 Å². The summed E-state index contributed by atoms with van der Waals surface area (Å²) in [7, 11) is 1.52. The van der Waals surface area contributed by atoms with E-state index < -0.39 is 20.0 Å². The lowest BCUT2D eigenvalue weighted by Gasteiger charge is -2.25. The molecule has 1 amide bonds. The van der Waals surface area contributed by atoms with Crippen LogP contribution in [0.5, 0.6) is 0 Å². The molecule has 0 bridgehead atoms. The summed E-state index contributed by atoms with van der Waals surface area (Å²) in [5, 5.41) is 13.9. The Kier molecular flexibility index (Phi) is 50.6. The number of hydrogen-bond donors (Lipinski definition) is 3. The lowest BCUT2D eigenvalue weighted by Crippen LogP contribution is -2.45. The Labute approximate surface area is 449 Å². The fourth-order valence-corrected chi connectivity index (χ4v) is 8.04. The minimum absolute atomic E-state index is 0.0447. The molecule has 0 saturated carbocycles. The van der Waals surface area contributed by atoms with Gasteiger partial charge in [0.25, 0.3) is 0 Å². The third-order valence-electron chi connectivity index (χ3n) is 11.8. The molecule has 0 radical (unpaired) electrons. The normalized spacial score (nSPS) is 15.0. The minimum Gasteiger partial charge on any atom is -0.387 e. The van der Waals surface area contributed by atoms with Crippen molar-refractivity contribution in [3.05, 3.63) is 146 Å². The maximum absolute atomic E-state index is 13.0. The number of hydrogen-bond acceptors (Lipinski definition) is 5. The van der Waals surface area contributed by atoms with E-state index in [1.807, 2.05) is 27.2 Å². The number of aliphatic hydroxyl groups is 1. The summed E-state index contributed by atoms with van der Waals surface area (Å²) in [6.45, 7) is 4.62. The summed E-state index contributed by atoms with van der Waals surface area (Å²) in [4.78, 5) is 23.2. The average molecular weight is 1030 g/mol. The second kappa shape index (κ2) is 53.2. The highest BCUT2D eigenvalue weighted by atomic mass is 31.2. The predicted octanol–water partition coefficient (Wildman–Crippen LogP) is 17.7. The van der Waals surface area contributed by atoms with E-state index in [0.29, 0.717) is 17.4 Å². The number of aliphatic hydroxyl groups excluding tert-OH is 1. The van der Waals surface area contributed by atoms with Crippen LogP contribution in [0.4, 0.5) is 0 Å². The van der Waals surface area contributed by atoms with Gasteiger partial charge in [-0.05, 0) is 116 Å². The first kappa shape index (κ1) is 69.4. The maximum Gasteiger partial charge on any atom is 0.472 e. The second-order valence-electron chi connectivity index (χ2n) is 19.9. The van der Waals surface area contributed by atoms with Crippen LogP contribution in [0.25, 0.3) is 0 Å². The van der Waals surface area contributed by atoms with Gasteiger partial charge in [-0.25, -0.2) is 4.57 Å². The molecule has 73 heavy (non-hydrogen) atoms. The zero-order chi connectivity index (χ0) is 53.5. The van der Waals surface area contributed by atoms with Gasteiger partial charge in [-0.2, -0.15) is 0 Å². The van der Waals surface area contributed by atoms with E-state index in [-0.39, 0.29) is 19.1 Å². The summed E-state index contributed by atoms with van der Waals surface area (Å²) < 4.78 is 23.6. The number of nitrogens with zero attached hydrogens (tertiary/aromatic N) is 1. The van der Waals surface area contributed by atoms with Crippen molar-refractivity contribution in [3.63, 3.8) is 0 Å². The third-order valence-corrected chi connectivity index (χ3v) is 12.8.